The maximum absolute atomic E-state index is 10.2. The largest absolute Gasteiger partial charge is 0.506 e. The first-order valence-electron chi connectivity index (χ1n) is 8.61. The molecule has 0 aliphatic rings. The van der Waals surface area contributed by atoms with E-state index >= 15 is 0 Å². The number of aryl methyl sites for hydroxylation is 2. The first kappa shape index (κ1) is 18.9. The second-order valence-corrected chi connectivity index (χ2v) is 8.32. The van der Waals surface area contributed by atoms with Crippen molar-refractivity contribution in [2.75, 3.05) is 0 Å². The number of phenolic OH excluding ortho intramolecular Hbond substituents is 1. The van der Waals surface area contributed by atoms with Gasteiger partial charge in [-0.05, 0) is 83.4 Å². The minimum absolute atomic E-state index is 0.145. The van der Waals surface area contributed by atoms with E-state index in [0.717, 1.165) is 21.2 Å². The lowest BCUT2D eigenvalue weighted by atomic mass is 10.1. The number of aliphatic imine (C=N–C) groups is 1. The van der Waals surface area contributed by atoms with Gasteiger partial charge >= 0.3 is 0 Å². The van der Waals surface area contributed by atoms with Crippen molar-refractivity contribution in [3.8, 4) is 17.2 Å². The summed E-state index contributed by atoms with van der Waals surface area (Å²) < 4.78 is 7.36. The van der Waals surface area contributed by atoms with E-state index < -0.39 is 0 Å². The summed E-state index contributed by atoms with van der Waals surface area (Å²) in [4.78, 5) is 9.08. The number of aromatic nitrogens is 1. The molecule has 0 radical (unpaired) electrons. The van der Waals surface area contributed by atoms with Crippen LogP contribution in [0.5, 0.6) is 5.75 Å². The van der Waals surface area contributed by atoms with Crippen LogP contribution < -0.4 is 0 Å². The molecule has 140 valence electrons. The zero-order chi connectivity index (χ0) is 19.8. The molecule has 0 saturated heterocycles. The molecule has 1 N–H and O–H groups in total. The molecule has 28 heavy (non-hydrogen) atoms. The Morgan fingerprint density at radius 3 is 2.61 bits per heavy atom. The van der Waals surface area contributed by atoms with Crippen LogP contribution >= 0.6 is 31.9 Å². The molecule has 4 aromatic rings. The van der Waals surface area contributed by atoms with Gasteiger partial charge in [0.15, 0.2) is 5.58 Å². The fourth-order valence-corrected chi connectivity index (χ4v) is 4.08. The molecule has 1 aromatic heterocycles. The molecule has 3 aromatic carbocycles. The zero-order valence-electron chi connectivity index (χ0n) is 15.2. The lowest BCUT2D eigenvalue weighted by molar-refractivity contribution is 0.471. The summed E-state index contributed by atoms with van der Waals surface area (Å²) in [6.45, 7) is 4.15. The third-order valence-corrected chi connectivity index (χ3v) is 5.60. The van der Waals surface area contributed by atoms with Crippen LogP contribution in [0.15, 0.2) is 66.9 Å². The van der Waals surface area contributed by atoms with Crippen molar-refractivity contribution >= 4 is 54.9 Å². The molecule has 0 atom stereocenters. The van der Waals surface area contributed by atoms with Crippen LogP contribution in [-0.4, -0.2) is 16.3 Å². The molecular formula is C22H16Br2N2O2. The first-order valence-corrected chi connectivity index (χ1v) is 10.2. The average Bonchev–Trinajstić information content (AvgIpc) is 3.09. The third-order valence-electron chi connectivity index (χ3n) is 4.54. The minimum atomic E-state index is 0.145. The Morgan fingerprint density at radius 1 is 1.00 bits per heavy atom. The van der Waals surface area contributed by atoms with Crippen LogP contribution in [0.25, 0.3) is 22.6 Å². The van der Waals surface area contributed by atoms with Gasteiger partial charge in [0.1, 0.15) is 11.3 Å². The Kier molecular flexibility index (Phi) is 5.08. The number of aromatic hydroxyl groups is 1. The summed E-state index contributed by atoms with van der Waals surface area (Å²) in [5.74, 6) is 0.735. The molecule has 1 heterocycles. The number of hydrogen-bond acceptors (Lipinski definition) is 4. The number of nitrogens with zero attached hydrogens (tertiary/aromatic N) is 2. The molecule has 0 bridgehead atoms. The van der Waals surface area contributed by atoms with Gasteiger partial charge in [-0.2, -0.15) is 0 Å². The van der Waals surface area contributed by atoms with Crippen molar-refractivity contribution in [1.29, 1.82) is 0 Å². The highest BCUT2D eigenvalue weighted by Crippen LogP contribution is 2.32. The monoisotopic (exact) mass is 498 g/mol. The summed E-state index contributed by atoms with van der Waals surface area (Å²) in [6.07, 6.45) is 1.62. The fourth-order valence-electron chi connectivity index (χ4n) is 2.82. The van der Waals surface area contributed by atoms with E-state index in [4.69, 9.17) is 4.42 Å². The molecule has 0 aliphatic heterocycles. The summed E-state index contributed by atoms with van der Waals surface area (Å²) in [5.41, 5.74) is 6.17. The molecule has 6 heteroatoms. The third kappa shape index (κ3) is 3.75. The summed E-state index contributed by atoms with van der Waals surface area (Å²) in [7, 11) is 0. The molecule has 4 rings (SSSR count). The normalized spacial score (nSPS) is 11.6. The number of benzene rings is 3. The second kappa shape index (κ2) is 7.53. The summed E-state index contributed by atoms with van der Waals surface area (Å²) in [6, 6.07) is 15.3. The van der Waals surface area contributed by atoms with Crippen molar-refractivity contribution in [3.63, 3.8) is 0 Å². The predicted molar refractivity (Wildman–Crippen MR) is 120 cm³/mol. The minimum Gasteiger partial charge on any atom is -0.506 e. The van der Waals surface area contributed by atoms with Crippen molar-refractivity contribution in [3.05, 3.63) is 74.2 Å². The van der Waals surface area contributed by atoms with Gasteiger partial charge in [-0.25, -0.2) is 4.98 Å². The smallest absolute Gasteiger partial charge is 0.227 e. The maximum atomic E-state index is 10.2. The van der Waals surface area contributed by atoms with Gasteiger partial charge in [-0.15, -0.1) is 0 Å². The van der Waals surface area contributed by atoms with Crippen molar-refractivity contribution < 1.29 is 9.52 Å². The first-order chi connectivity index (χ1) is 13.4. The Bertz CT molecular complexity index is 1230. The molecule has 0 amide bonds. The van der Waals surface area contributed by atoms with E-state index in [2.05, 4.69) is 67.8 Å². The number of fused-ring (bicyclic) bond motifs is 1. The lowest BCUT2D eigenvalue weighted by Gasteiger charge is -2.02. The second-order valence-electron chi connectivity index (χ2n) is 6.55. The average molecular weight is 500 g/mol. The van der Waals surface area contributed by atoms with E-state index in [9.17, 15) is 5.11 Å². The Hall–Kier alpha value is -2.44. The number of halogens is 2. The van der Waals surface area contributed by atoms with Crippen LogP contribution in [0.3, 0.4) is 0 Å². The standard InChI is InChI=1S/C22H16Br2N2O2/c1-12-3-4-14(7-13(12)2)22-26-19-10-17(5-6-20(19)28-22)25-11-15-8-16(23)9-18(24)21(15)27/h3-11,27H,1-2H3. The van der Waals surface area contributed by atoms with Gasteiger partial charge in [0.05, 0.1) is 10.2 Å². The van der Waals surface area contributed by atoms with Crippen LogP contribution in [0.2, 0.25) is 0 Å². The van der Waals surface area contributed by atoms with Gasteiger partial charge in [-0.3, -0.25) is 4.99 Å². The van der Waals surface area contributed by atoms with Crippen LogP contribution in [0, 0.1) is 13.8 Å². The molecular weight excluding hydrogens is 484 g/mol. The highest BCUT2D eigenvalue weighted by molar-refractivity contribution is 9.11. The van der Waals surface area contributed by atoms with Crippen molar-refractivity contribution in [2.24, 2.45) is 4.99 Å². The highest BCUT2D eigenvalue weighted by atomic mass is 79.9. The number of oxazole rings is 1. The van der Waals surface area contributed by atoms with Crippen molar-refractivity contribution in [2.45, 2.75) is 13.8 Å². The Labute approximate surface area is 179 Å². The van der Waals surface area contributed by atoms with Crippen LogP contribution in [0.4, 0.5) is 5.69 Å². The van der Waals surface area contributed by atoms with E-state index in [1.807, 2.05) is 24.3 Å². The van der Waals surface area contributed by atoms with Crippen LogP contribution in [-0.2, 0) is 0 Å². The Balaban J connectivity index is 1.68. The van der Waals surface area contributed by atoms with Gasteiger partial charge < -0.3 is 9.52 Å². The summed E-state index contributed by atoms with van der Waals surface area (Å²) >= 11 is 6.74. The number of hydrogen-bond donors (Lipinski definition) is 1. The Morgan fingerprint density at radius 2 is 1.82 bits per heavy atom. The van der Waals surface area contributed by atoms with E-state index in [0.29, 0.717) is 21.5 Å². The van der Waals surface area contributed by atoms with E-state index in [1.54, 1.807) is 18.3 Å². The molecule has 0 spiro atoms. The predicted octanol–water partition coefficient (Wildman–Crippen LogP) is 7.09. The molecule has 4 nitrogen and oxygen atoms in total. The number of phenols is 1. The zero-order valence-corrected chi connectivity index (χ0v) is 18.4. The van der Waals surface area contributed by atoms with E-state index in [-0.39, 0.29) is 5.75 Å². The molecule has 0 saturated carbocycles. The fraction of sp³-hybridized carbons (Fsp3) is 0.0909. The highest BCUT2D eigenvalue weighted by Gasteiger charge is 2.10. The van der Waals surface area contributed by atoms with Gasteiger partial charge in [0.2, 0.25) is 5.89 Å². The molecule has 0 fully saturated rings. The lowest BCUT2D eigenvalue weighted by Crippen LogP contribution is -1.84. The quantitative estimate of drug-likeness (QED) is 0.306. The maximum Gasteiger partial charge on any atom is 0.227 e. The SMILES string of the molecule is Cc1ccc(-c2nc3cc(N=Cc4cc(Br)cc(Br)c4O)ccc3o2)cc1C. The summed E-state index contributed by atoms with van der Waals surface area (Å²) in [5, 5.41) is 10.2. The molecule has 0 aliphatic carbocycles. The van der Waals surface area contributed by atoms with Gasteiger partial charge in [-0.1, -0.05) is 22.0 Å². The van der Waals surface area contributed by atoms with Crippen molar-refractivity contribution in [1.82, 2.24) is 4.98 Å². The topological polar surface area (TPSA) is 58.6 Å². The van der Waals surface area contributed by atoms with Gasteiger partial charge in [0.25, 0.3) is 0 Å². The van der Waals surface area contributed by atoms with Gasteiger partial charge in [0, 0.05) is 21.8 Å². The van der Waals surface area contributed by atoms with Crippen LogP contribution in [0.1, 0.15) is 16.7 Å². The van der Waals surface area contributed by atoms with E-state index in [1.165, 1.54) is 11.1 Å². The number of rotatable bonds is 3. The molecule has 0 unspecified atom stereocenters.